The molecule has 11 heteroatoms. The van der Waals surface area contributed by atoms with Gasteiger partial charge in [0, 0.05) is 26.1 Å². The number of hydrogen-bond donors (Lipinski definition) is 2. The smallest absolute Gasteiger partial charge is 0.393 e. The van der Waals surface area contributed by atoms with Gasteiger partial charge in [0.1, 0.15) is 0 Å². The number of halogens is 4. The predicted octanol–water partition coefficient (Wildman–Crippen LogP) is 2.37. The number of benzene rings is 1. The second kappa shape index (κ2) is 9.00. The number of alkyl halides is 3. The van der Waals surface area contributed by atoms with Gasteiger partial charge in [-0.05, 0) is 18.6 Å². The van der Waals surface area contributed by atoms with Crippen molar-refractivity contribution >= 4 is 41.6 Å². The van der Waals surface area contributed by atoms with Gasteiger partial charge in [-0.15, -0.1) is 12.4 Å². The van der Waals surface area contributed by atoms with Gasteiger partial charge in [0.05, 0.1) is 29.8 Å². The number of nitrogens with zero attached hydrogens (tertiary/aromatic N) is 2. The first-order chi connectivity index (χ1) is 13.2. The van der Waals surface area contributed by atoms with Crippen molar-refractivity contribution in [2.45, 2.75) is 19.0 Å². The molecule has 0 radical (unpaired) electrons. The van der Waals surface area contributed by atoms with Gasteiger partial charge in [0.2, 0.25) is 11.8 Å². The number of nitrogens with one attached hydrogen (secondary N) is 1. The molecule has 0 aromatic heterocycles. The fourth-order valence-corrected chi connectivity index (χ4v) is 3.71. The number of hydrogen-bond acceptors (Lipinski definition) is 4. The molecular formula is C18H21ClF3N3O4. The summed E-state index contributed by atoms with van der Waals surface area (Å²) in [6.45, 7) is -0.719. The summed E-state index contributed by atoms with van der Waals surface area (Å²) in [7, 11) is 0. The van der Waals surface area contributed by atoms with E-state index in [1.807, 2.05) is 0 Å². The standard InChI is InChI=1S/C18H20F3N3O4.ClH/c19-18(20,21)12-9-23(8-11(12)17(27)28)10-15(25)22-13-4-1-2-5-14(13)24-7-3-6-16(24)26;/h1-2,4-5,11-12H,3,6-10H2,(H,22,25)(H,27,28);1H/t11-,12-;/m1./s1. The predicted molar refractivity (Wildman–Crippen MR) is 101 cm³/mol. The second-order valence-corrected chi connectivity index (χ2v) is 7.00. The molecule has 1 aromatic rings. The highest BCUT2D eigenvalue weighted by Crippen LogP contribution is 2.37. The maximum Gasteiger partial charge on any atom is 0.393 e. The van der Waals surface area contributed by atoms with Crippen molar-refractivity contribution in [1.29, 1.82) is 0 Å². The molecule has 2 saturated heterocycles. The number of para-hydroxylation sites is 2. The zero-order valence-electron chi connectivity index (χ0n) is 15.3. The van der Waals surface area contributed by atoms with Crippen LogP contribution in [-0.2, 0) is 14.4 Å². The third-order valence-electron chi connectivity index (χ3n) is 5.04. The van der Waals surface area contributed by atoms with Crippen molar-refractivity contribution in [2.24, 2.45) is 11.8 Å². The van der Waals surface area contributed by atoms with E-state index >= 15 is 0 Å². The Morgan fingerprint density at radius 2 is 1.90 bits per heavy atom. The second-order valence-electron chi connectivity index (χ2n) is 7.00. The van der Waals surface area contributed by atoms with Crippen LogP contribution in [0.25, 0.3) is 0 Å². The molecule has 29 heavy (non-hydrogen) atoms. The first-order valence-corrected chi connectivity index (χ1v) is 8.88. The van der Waals surface area contributed by atoms with Crippen molar-refractivity contribution in [3.8, 4) is 0 Å². The van der Waals surface area contributed by atoms with Gasteiger partial charge in [-0.25, -0.2) is 0 Å². The van der Waals surface area contributed by atoms with Gasteiger partial charge in [-0.1, -0.05) is 12.1 Å². The summed E-state index contributed by atoms with van der Waals surface area (Å²) in [6, 6.07) is 6.70. The van der Waals surface area contributed by atoms with Crippen LogP contribution in [0.1, 0.15) is 12.8 Å². The van der Waals surface area contributed by atoms with E-state index in [2.05, 4.69) is 5.32 Å². The van der Waals surface area contributed by atoms with Crippen molar-refractivity contribution in [3.63, 3.8) is 0 Å². The molecule has 0 bridgehead atoms. The Bertz CT molecular complexity index is 790. The van der Waals surface area contributed by atoms with Crippen LogP contribution in [0.3, 0.4) is 0 Å². The van der Waals surface area contributed by atoms with Crippen LogP contribution >= 0.6 is 12.4 Å². The van der Waals surface area contributed by atoms with Gasteiger partial charge < -0.3 is 15.3 Å². The monoisotopic (exact) mass is 435 g/mol. The number of carbonyl (C=O) groups is 3. The highest BCUT2D eigenvalue weighted by atomic mass is 35.5. The molecule has 2 fully saturated rings. The molecule has 0 spiro atoms. The summed E-state index contributed by atoms with van der Waals surface area (Å²) in [6.07, 6.45) is -3.51. The summed E-state index contributed by atoms with van der Waals surface area (Å²) in [4.78, 5) is 38.2. The van der Waals surface area contributed by atoms with Gasteiger partial charge in [0.25, 0.3) is 0 Å². The molecule has 2 N–H and O–H groups in total. The van der Waals surface area contributed by atoms with E-state index in [4.69, 9.17) is 5.11 Å². The maximum atomic E-state index is 13.1. The maximum absolute atomic E-state index is 13.1. The lowest BCUT2D eigenvalue weighted by atomic mass is 9.96. The van der Waals surface area contributed by atoms with E-state index in [0.29, 0.717) is 30.8 Å². The molecule has 2 amide bonds. The van der Waals surface area contributed by atoms with Crippen LogP contribution in [0.15, 0.2) is 24.3 Å². The molecule has 2 aliphatic heterocycles. The van der Waals surface area contributed by atoms with Crippen molar-refractivity contribution in [2.75, 3.05) is 36.4 Å². The van der Waals surface area contributed by atoms with Crippen LogP contribution in [0.4, 0.5) is 24.5 Å². The normalized spacial score (nSPS) is 22.4. The average molecular weight is 436 g/mol. The SMILES string of the molecule is Cl.O=C(CN1C[C@@H](C(F)(F)F)[C@H](C(=O)O)C1)Nc1ccccc1N1CCCC1=O. The molecular weight excluding hydrogens is 415 g/mol. The van der Waals surface area contributed by atoms with Crippen molar-refractivity contribution in [1.82, 2.24) is 4.90 Å². The summed E-state index contributed by atoms with van der Waals surface area (Å²) in [5, 5.41) is 11.7. The zero-order valence-corrected chi connectivity index (χ0v) is 16.1. The molecule has 2 heterocycles. The number of anilines is 2. The average Bonchev–Trinajstić information content (AvgIpc) is 3.21. The number of rotatable bonds is 5. The fourth-order valence-electron chi connectivity index (χ4n) is 3.71. The molecule has 1 aromatic carbocycles. The molecule has 0 saturated carbocycles. The Labute approximate surface area is 171 Å². The van der Waals surface area contributed by atoms with Crippen LogP contribution in [0, 0.1) is 11.8 Å². The topological polar surface area (TPSA) is 89.9 Å². The Morgan fingerprint density at radius 3 is 2.45 bits per heavy atom. The van der Waals surface area contributed by atoms with Gasteiger partial charge in [-0.3, -0.25) is 19.3 Å². The van der Waals surface area contributed by atoms with Crippen LogP contribution in [0.5, 0.6) is 0 Å². The quantitative estimate of drug-likeness (QED) is 0.741. The largest absolute Gasteiger partial charge is 0.481 e. The Kier molecular flexibility index (Phi) is 7.12. The number of likely N-dealkylation sites (tertiary alicyclic amines) is 1. The Balaban J connectivity index is 0.00000300. The summed E-state index contributed by atoms with van der Waals surface area (Å²) >= 11 is 0. The lowest BCUT2D eigenvalue weighted by Crippen LogP contribution is -2.34. The molecule has 7 nitrogen and oxygen atoms in total. The first-order valence-electron chi connectivity index (χ1n) is 8.88. The zero-order chi connectivity index (χ0) is 20.5. The van der Waals surface area contributed by atoms with E-state index in [1.54, 1.807) is 29.2 Å². The van der Waals surface area contributed by atoms with Crippen LogP contribution < -0.4 is 10.2 Å². The minimum atomic E-state index is -4.64. The Hall–Kier alpha value is -2.33. The van der Waals surface area contributed by atoms with Gasteiger partial charge in [-0.2, -0.15) is 13.2 Å². The van der Waals surface area contributed by atoms with E-state index in [0.717, 1.165) is 0 Å². The third-order valence-corrected chi connectivity index (χ3v) is 5.04. The Morgan fingerprint density at radius 1 is 1.21 bits per heavy atom. The number of aliphatic carboxylic acids is 1. The minimum absolute atomic E-state index is 0. The summed E-state index contributed by atoms with van der Waals surface area (Å²) < 4.78 is 39.2. The highest BCUT2D eigenvalue weighted by Gasteiger charge is 2.52. The number of carboxylic acid groups (broad SMARTS) is 1. The first kappa shape index (κ1) is 23.0. The lowest BCUT2D eigenvalue weighted by molar-refractivity contribution is -0.188. The van der Waals surface area contributed by atoms with E-state index in [-0.39, 0.29) is 31.4 Å². The number of carbonyl (C=O) groups excluding carboxylic acids is 2. The van der Waals surface area contributed by atoms with E-state index in [1.165, 1.54) is 4.90 Å². The van der Waals surface area contributed by atoms with E-state index < -0.39 is 36.4 Å². The van der Waals surface area contributed by atoms with Crippen LogP contribution in [-0.4, -0.2) is 60.1 Å². The fraction of sp³-hybridized carbons (Fsp3) is 0.500. The molecule has 2 atom stereocenters. The minimum Gasteiger partial charge on any atom is -0.481 e. The summed E-state index contributed by atoms with van der Waals surface area (Å²) in [5.74, 6) is -5.75. The summed E-state index contributed by atoms with van der Waals surface area (Å²) in [5.41, 5.74) is 0.931. The van der Waals surface area contributed by atoms with Gasteiger partial charge in [0.15, 0.2) is 0 Å². The molecule has 0 unspecified atom stereocenters. The molecule has 2 aliphatic rings. The van der Waals surface area contributed by atoms with Gasteiger partial charge >= 0.3 is 12.1 Å². The van der Waals surface area contributed by atoms with Crippen molar-refractivity contribution < 1.29 is 32.7 Å². The number of carboxylic acids is 1. The third kappa shape index (κ3) is 5.18. The highest BCUT2D eigenvalue weighted by molar-refractivity contribution is 6.02. The van der Waals surface area contributed by atoms with Crippen LogP contribution in [0.2, 0.25) is 0 Å². The molecule has 3 rings (SSSR count). The number of amides is 2. The van der Waals surface area contributed by atoms with Crippen molar-refractivity contribution in [3.05, 3.63) is 24.3 Å². The molecule has 160 valence electrons. The van der Waals surface area contributed by atoms with E-state index in [9.17, 15) is 27.6 Å². The molecule has 0 aliphatic carbocycles. The lowest BCUT2D eigenvalue weighted by Gasteiger charge is -2.21.